The lowest BCUT2D eigenvalue weighted by Gasteiger charge is -2.37. The second kappa shape index (κ2) is 9.74. The summed E-state index contributed by atoms with van der Waals surface area (Å²) in [6.45, 7) is 1.80. The number of amides is 1. The number of hydroxylamine groups is 1. The fourth-order valence-corrected chi connectivity index (χ4v) is 4.41. The third kappa shape index (κ3) is 5.14. The molecule has 1 aliphatic rings. The molecule has 2 aromatic carbocycles. The first-order chi connectivity index (χ1) is 13.6. The van der Waals surface area contributed by atoms with Crippen molar-refractivity contribution in [3.63, 3.8) is 0 Å². The fourth-order valence-electron chi connectivity index (χ4n) is 4.41. The maximum absolute atomic E-state index is 11.3. The van der Waals surface area contributed by atoms with Crippen LogP contribution in [-0.4, -0.2) is 24.9 Å². The molecule has 1 unspecified atom stereocenters. The van der Waals surface area contributed by atoms with Crippen LogP contribution in [0, 0.1) is 5.92 Å². The summed E-state index contributed by atoms with van der Waals surface area (Å²) in [6.07, 6.45) is 5.34. The van der Waals surface area contributed by atoms with Gasteiger partial charge in [-0.25, -0.2) is 0 Å². The third-order valence-corrected chi connectivity index (χ3v) is 5.87. The number of hydrogen-bond acceptors (Lipinski definition) is 3. The van der Waals surface area contributed by atoms with E-state index in [4.69, 9.17) is 4.84 Å². The minimum absolute atomic E-state index is 0.115. The molecular weight excluding hydrogens is 348 g/mol. The van der Waals surface area contributed by atoms with Crippen LogP contribution in [0.2, 0.25) is 0 Å². The van der Waals surface area contributed by atoms with E-state index in [1.165, 1.54) is 36.8 Å². The van der Waals surface area contributed by atoms with Gasteiger partial charge >= 0.3 is 0 Å². The maximum Gasteiger partial charge on any atom is 0.252 e. The van der Waals surface area contributed by atoms with E-state index < -0.39 is 0 Å². The number of nitrogens with zero attached hydrogens (tertiary/aromatic N) is 1. The van der Waals surface area contributed by atoms with E-state index in [1.807, 2.05) is 12.1 Å². The minimum Gasteiger partial charge on any atom is -0.380 e. The molecule has 28 heavy (non-hydrogen) atoms. The Labute approximate surface area is 168 Å². The Bertz CT molecular complexity index is 735. The molecule has 0 saturated heterocycles. The van der Waals surface area contributed by atoms with Crippen molar-refractivity contribution in [2.45, 2.75) is 51.0 Å². The normalized spacial score (nSPS) is 20.6. The summed E-state index contributed by atoms with van der Waals surface area (Å²) in [5.41, 5.74) is 5.24. The molecule has 150 valence electrons. The van der Waals surface area contributed by atoms with Crippen LogP contribution in [0.5, 0.6) is 5.75 Å². The maximum atomic E-state index is 11.3. The molecular formula is C24H32N2O2. The summed E-state index contributed by atoms with van der Waals surface area (Å²) in [5.74, 6) is 1.86. The van der Waals surface area contributed by atoms with Crippen LogP contribution in [0.25, 0.3) is 0 Å². The number of hydrogen-bond donors (Lipinski definition) is 1. The van der Waals surface area contributed by atoms with Gasteiger partial charge in [0.25, 0.3) is 5.91 Å². The fraction of sp³-hybridized carbons (Fsp3) is 0.458. The summed E-state index contributed by atoms with van der Waals surface area (Å²) in [5, 5.41) is 0. The molecule has 0 aliphatic heterocycles. The molecule has 1 saturated carbocycles. The predicted molar refractivity (Wildman–Crippen MR) is 113 cm³/mol. The average Bonchev–Trinajstić information content (AvgIpc) is 2.73. The number of benzene rings is 2. The monoisotopic (exact) mass is 380 g/mol. The Morgan fingerprint density at radius 3 is 2.25 bits per heavy atom. The van der Waals surface area contributed by atoms with Gasteiger partial charge < -0.3 is 9.74 Å². The highest BCUT2D eigenvalue weighted by Gasteiger charge is 2.30. The van der Waals surface area contributed by atoms with Crippen LogP contribution < -0.4 is 10.3 Å². The van der Waals surface area contributed by atoms with E-state index in [2.05, 4.69) is 66.9 Å². The molecule has 1 fully saturated rings. The lowest BCUT2D eigenvalue weighted by Crippen LogP contribution is -2.30. The first-order valence-electron chi connectivity index (χ1n) is 10.4. The van der Waals surface area contributed by atoms with Crippen molar-refractivity contribution in [3.05, 3.63) is 65.7 Å². The summed E-state index contributed by atoms with van der Waals surface area (Å²) < 4.78 is 0. The summed E-state index contributed by atoms with van der Waals surface area (Å²) in [6, 6.07) is 19.5. The van der Waals surface area contributed by atoms with Gasteiger partial charge in [-0.05, 0) is 74.9 Å². The van der Waals surface area contributed by atoms with Gasteiger partial charge in [-0.15, -0.1) is 0 Å². The van der Waals surface area contributed by atoms with Crippen LogP contribution in [0.15, 0.2) is 54.6 Å². The van der Waals surface area contributed by atoms with Gasteiger partial charge in [0.1, 0.15) is 0 Å². The molecule has 0 radical (unpaired) electrons. The highest BCUT2D eigenvalue weighted by Crippen LogP contribution is 2.42. The van der Waals surface area contributed by atoms with E-state index in [9.17, 15) is 4.79 Å². The van der Waals surface area contributed by atoms with Crippen molar-refractivity contribution < 1.29 is 9.63 Å². The Kier molecular flexibility index (Phi) is 7.10. The molecule has 0 heterocycles. The van der Waals surface area contributed by atoms with Crippen molar-refractivity contribution in [3.8, 4) is 5.75 Å². The van der Waals surface area contributed by atoms with Gasteiger partial charge in [0, 0.05) is 12.5 Å². The van der Waals surface area contributed by atoms with Crippen LogP contribution in [-0.2, 0) is 4.79 Å². The summed E-state index contributed by atoms with van der Waals surface area (Å²) in [7, 11) is 4.39. The van der Waals surface area contributed by atoms with Gasteiger partial charge in [-0.3, -0.25) is 4.79 Å². The zero-order chi connectivity index (χ0) is 19.9. The first kappa shape index (κ1) is 20.4. The number of rotatable bonds is 7. The number of carbonyl (C=O) groups is 1. The van der Waals surface area contributed by atoms with Crippen molar-refractivity contribution in [2.24, 2.45) is 5.92 Å². The van der Waals surface area contributed by atoms with Gasteiger partial charge in [0.05, 0.1) is 0 Å². The third-order valence-electron chi connectivity index (χ3n) is 5.87. The van der Waals surface area contributed by atoms with E-state index >= 15 is 0 Å². The highest BCUT2D eigenvalue weighted by atomic mass is 16.7. The smallest absolute Gasteiger partial charge is 0.252 e. The van der Waals surface area contributed by atoms with Gasteiger partial charge in [0.15, 0.2) is 5.75 Å². The van der Waals surface area contributed by atoms with E-state index in [0.29, 0.717) is 30.0 Å². The molecule has 1 atom stereocenters. The number of nitrogens with one attached hydrogen (secondary N) is 1. The van der Waals surface area contributed by atoms with Gasteiger partial charge in [0.2, 0.25) is 0 Å². The quantitative estimate of drug-likeness (QED) is 0.681. The predicted octanol–water partition coefficient (Wildman–Crippen LogP) is 5.08. The van der Waals surface area contributed by atoms with Gasteiger partial charge in [-0.1, -0.05) is 49.4 Å². The molecule has 1 amide bonds. The lowest BCUT2D eigenvalue weighted by atomic mass is 9.74. The van der Waals surface area contributed by atoms with E-state index in [-0.39, 0.29) is 5.91 Å². The Balaban J connectivity index is 1.58. The van der Waals surface area contributed by atoms with Gasteiger partial charge in [-0.2, -0.15) is 5.48 Å². The minimum atomic E-state index is -0.115. The van der Waals surface area contributed by atoms with Crippen LogP contribution in [0.1, 0.15) is 62.1 Å². The van der Waals surface area contributed by atoms with Crippen LogP contribution >= 0.6 is 0 Å². The molecule has 4 nitrogen and oxygen atoms in total. The molecule has 0 aromatic heterocycles. The summed E-state index contributed by atoms with van der Waals surface area (Å²) >= 11 is 0. The lowest BCUT2D eigenvalue weighted by molar-refractivity contribution is -0.127. The molecule has 1 aliphatic carbocycles. The van der Waals surface area contributed by atoms with E-state index in [1.54, 1.807) is 6.92 Å². The topological polar surface area (TPSA) is 41.6 Å². The molecule has 0 bridgehead atoms. The molecule has 2 aromatic rings. The van der Waals surface area contributed by atoms with Crippen LogP contribution in [0.4, 0.5) is 0 Å². The molecule has 0 spiro atoms. The number of carbonyl (C=O) groups excluding carboxylic acids is 1. The Morgan fingerprint density at radius 1 is 1.04 bits per heavy atom. The first-order valence-corrected chi connectivity index (χ1v) is 10.4. The Morgan fingerprint density at radius 2 is 1.68 bits per heavy atom. The summed E-state index contributed by atoms with van der Waals surface area (Å²) in [4.78, 5) is 19.0. The molecule has 3 rings (SSSR count). The second-order valence-electron chi connectivity index (χ2n) is 7.98. The van der Waals surface area contributed by atoms with Crippen molar-refractivity contribution in [1.29, 1.82) is 0 Å². The standard InChI is InChI=1S/C24H32N2O2/c1-4-23(27)25-28-22-16-14-19(15-17-22)18-10-12-21(13-11-18)24(26(2)3)20-8-6-5-7-9-20/h5-9,14-18,21,24H,4,10-13H2,1-3H3,(H,25,27). The van der Waals surface area contributed by atoms with Crippen LogP contribution in [0.3, 0.4) is 0 Å². The Hall–Kier alpha value is -2.33. The van der Waals surface area contributed by atoms with Crippen molar-refractivity contribution in [2.75, 3.05) is 14.1 Å². The molecule has 1 N–H and O–H groups in total. The SMILES string of the molecule is CCC(=O)NOc1ccc(C2CCC(C(c3ccccc3)N(C)C)CC2)cc1. The molecule has 4 heteroatoms. The highest BCUT2D eigenvalue weighted by molar-refractivity contribution is 5.74. The van der Waals surface area contributed by atoms with E-state index in [0.717, 1.165) is 0 Å². The second-order valence-corrected chi connectivity index (χ2v) is 7.98. The van der Waals surface area contributed by atoms with Crippen molar-refractivity contribution >= 4 is 5.91 Å². The zero-order valence-corrected chi connectivity index (χ0v) is 17.2. The zero-order valence-electron chi connectivity index (χ0n) is 17.2. The van der Waals surface area contributed by atoms with Crippen molar-refractivity contribution in [1.82, 2.24) is 10.4 Å². The average molecular weight is 381 g/mol. The largest absolute Gasteiger partial charge is 0.380 e.